The van der Waals surface area contributed by atoms with E-state index in [1.165, 1.54) is 0 Å². The summed E-state index contributed by atoms with van der Waals surface area (Å²) >= 11 is 1.61. The number of ether oxygens (including phenoxy) is 1. The molecule has 0 aliphatic carbocycles. The van der Waals surface area contributed by atoms with Crippen LogP contribution in [0.3, 0.4) is 0 Å². The summed E-state index contributed by atoms with van der Waals surface area (Å²) in [6, 6.07) is 0.192. The van der Waals surface area contributed by atoms with Gasteiger partial charge in [-0.15, -0.1) is 0 Å². The summed E-state index contributed by atoms with van der Waals surface area (Å²) in [6.07, 6.45) is 8.18. The lowest BCUT2D eigenvalue weighted by atomic mass is 10.0. The molecule has 1 fully saturated rings. The third-order valence-electron chi connectivity index (χ3n) is 3.76. The van der Waals surface area contributed by atoms with Crippen molar-refractivity contribution in [3.8, 4) is 0 Å². The molecule has 1 N–H and O–H groups in total. The maximum atomic E-state index is 12.1. The molecule has 2 heterocycles. The number of aryl methyl sites for hydroxylation is 1. The van der Waals surface area contributed by atoms with Crippen LogP contribution in [0, 0.1) is 0 Å². The van der Waals surface area contributed by atoms with Gasteiger partial charge in [-0.05, 0) is 25.5 Å². The molecule has 0 bridgehead atoms. The molecule has 0 saturated carbocycles. The average Bonchev–Trinajstić information content (AvgIpc) is 2.86. The Bertz CT molecular complexity index is 445. The fraction of sp³-hybridized carbons (Fsp3) is 0.714. The topological polar surface area (TPSA) is 56.1 Å². The predicted octanol–water partition coefficient (Wildman–Crippen LogP) is 1.90. The molecule has 2 rings (SSSR count). The molecular weight excluding hydrogens is 274 g/mol. The highest BCUT2D eigenvalue weighted by atomic mass is 32.2. The first-order valence-corrected chi connectivity index (χ1v) is 8.35. The van der Waals surface area contributed by atoms with Gasteiger partial charge in [0.05, 0.1) is 23.5 Å². The number of amides is 1. The van der Waals surface area contributed by atoms with Gasteiger partial charge in [0.1, 0.15) is 6.10 Å². The quantitative estimate of drug-likeness (QED) is 0.902. The first-order valence-electron chi connectivity index (χ1n) is 7.06. The lowest BCUT2D eigenvalue weighted by Crippen LogP contribution is -2.43. The number of hydrogen-bond acceptors (Lipinski definition) is 4. The van der Waals surface area contributed by atoms with Crippen LogP contribution in [-0.4, -0.2) is 39.6 Å². The SMILES string of the molecule is CCC(SC)C(=O)NC1CCOC(c2cncn2C)C1. The maximum Gasteiger partial charge on any atom is 0.233 e. The van der Waals surface area contributed by atoms with Crippen molar-refractivity contribution in [1.29, 1.82) is 0 Å². The Labute approximate surface area is 124 Å². The number of hydrogen-bond donors (Lipinski definition) is 1. The third-order valence-corrected chi connectivity index (χ3v) is 4.88. The van der Waals surface area contributed by atoms with Gasteiger partial charge in [-0.1, -0.05) is 6.92 Å². The molecule has 0 aromatic carbocycles. The van der Waals surface area contributed by atoms with Crippen LogP contribution >= 0.6 is 11.8 Å². The van der Waals surface area contributed by atoms with Gasteiger partial charge in [-0.25, -0.2) is 4.98 Å². The predicted molar refractivity (Wildman–Crippen MR) is 80.7 cm³/mol. The van der Waals surface area contributed by atoms with Gasteiger partial charge < -0.3 is 14.6 Å². The Hall–Kier alpha value is -1.01. The molecular formula is C14H23N3O2S. The molecule has 0 radical (unpaired) electrons. The highest BCUT2D eigenvalue weighted by Crippen LogP contribution is 2.27. The smallest absolute Gasteiger partial charge is 0.233 e. The Kier molecular flexibility index (Phi) is 5.48. The minimum Gasteiger partial charge on any atom is -0.372 e. The van der Waals surface area contributed by atoms with Gasteiger partial charge in [-0.3, -0.25) is 4.79 Å². The molecule has 0 spiro atoms. The van der Waals surface area contributed by atoms with Gasteiger partial charge in [0.2, 0.25) is 5.91 Å². The van der Waals surface area contributed by atoms with Crippen LogP contribution in [0.5, 0.6) is 0 Å². The van der Waals surface area contributed by atoms with Crippen LogP contribution in [0.1, 0.15) is 38.0 Å². The van der Waals surface area contributed by atoms with Gasteiger partial charge in [0.15, 0.2) is 0 Å². The number of rotatable bonds is 5. The van der Waals surface area contributed by atoms with E-state index >= 15 is 0 Å². The van der Waals surface area contributed by atoms with Crippen LogP contribution in [0.2, 0.25) is 0 Å². The summed E-state index contributed by atoms with van der Waals surface area (Å²) in [5.41, 5.74) is 1.07. The number of aromatic nitrogens is 2. The standard InChI is InChI=1S/C14H23N3O2S/c1-4-13(20-3)14(18)16-10-5-6-19-12(7-10)11-8-15-9-17(11)2/h8-10,12-13H,4-7H2,1-3H3,(H,16,18). The van der Waals surface area contributed by atoms with Crippen molar-refractivity contribution in [2.75, 3.05) is 12.9 Å². The first kappa shape index (κ1) is 15.4. The van der Waals surface area contributed by atoms with Crippen LogP contribution in [0.15, 0.2) is 12.5 Å². The molecule has 112 valence electrons. The number of nitrogens with zero attached hydrogens (tertiary/aromatic N) is 2. The van der Waals surface area contributed by atoms with Crippen molar-refractivity contribution in [2.24, 2.45) is 7.05 Å². The van der Waals surface area contributed by atoms with E-state index in [-0.39, 0.29) is 23.3 Å². The second kappa shape index (κ2) is 7.13. The highest BCUT2D eigenvalue weighted by molar-refractivity contribution is 7.99. The molecule has 1 amide bonds. The zero-order chi connectivity index (χ0) is 14.5. The van der Waals surface area contributed by atoms with Crippen LogP contribution in [0.4, 0.5) is 0 Å². The van der Waals surface area contributed by atoms with Crippen molar-refractivity contribution < 1.29 is 9.53 Å². The van der Waals surface area contributed by atoms with Gasteiger partial charge in [0.25, 0.3) is 0 Å². The van der Waals surface area contributed by atoms with Gasteiger partial charge >= 0.3 is 0 Å². The van der Waals surface area contributed by atoms with Crippen LogP contribution in [-0.2, 0) is 16.6 Å². The lowest BCUT2D eigenvalue weighted by Gasteiger charge is -2.31. The summed E-state index contributed by atoms with van der Waals surface area (Å²) in [7, 11) is 1.97. The molecule has 1 aromatic rings. The second-order valence-corrected chi connectivity index (χ2v) is 6.19. The molecule has 20 heavy (non-hydrogen) atoms. The van der Waals surface area contributed by atoms with Crippen molar-refractivity contribution in [2.45, 2.75) is 43.6 Å². The maximum absolute atomic E-state index is 12.1. The number of thioether (sulfide) groups is 1. The van der Waals surface area contributed by atoms with Crippen molar-refractivity contribution >= 4 is 17.7 Å². The Morgan fingerprint density at radius 3 is 3.10 bits per heavy atom. The van der Waals surface area contributed by atoms with E-state index in [2.05, 4.69) is 10.3 Å². The van der Waals surface area contributed by atoms with Crippen LogP contribution < -0.4 is 5.32 Å². The van der Waals surface area contributed by atoms with E-state index in [4.69, 9.17) is 4.74 Å². The molecule has 1 aliphatic heterocycles. The lowest BCUT2D eigenvalue weighted by molar-refractivity contribution is -0.122. The molecule has 1 aromatic heterocycles. The minimum atomic E-state index is 0.0240. The monoisotopic (exact) mass is 297 g/mol. The Morgan fingerprint density at radius 1 is 1.70 bits per heavy atom. The van der Waals surface area contributed by atoms with E-state index in [0.717, 1.165) is 25.0 Å². The Morgan fingerprint density at radius 2 is 2.50 bits per heavy atom. The van der Waals surface area contributed by atoms with E-state index in [1.807, 2.05) is 31.0 Å². The van der Waals surface area contributed by atoms with E-state index in [9.17, 15) is 4.79 Å². The molecule has 3 atom stereocenters. The highest BCUT2D eigenvalue weighted by Gasteiger charge is 2.28. The summed E-state index contributed by atoms with van der Waals surface area (Å²) < 4.78 is 7.79. The molecule has 3 unspecified atom stereocenters. The summed E-state index contributed by atoms with van der Waals surface area (Å²) in [6.45, 7) is 2.72. The minimum absolute atomic E-state index is 0.0240. The summed E-state index contributed by atoms with van der Waals surface area (Å²) in [5.74, 6) is 0.149. The summed E-state index contributed by atoms with van der Waals surface area (Å²) in [4.78, 5) is 16.3. The molecule has 1 saturated heterocycles. The fourth-order valence-electron chi connectivity index (χ4n) is 2.57. The van der Waals surface area contributed by atoms with Crippen molar-refractivity contribution in [3.05, 3.63) is 18.2 Å². The van der Waals surface area contributed by atoms with Gasteiger partial charge in [0, 0.05) is 19.7 Å². The number of nitrogens with one attached hydrogen (secondary N) is 1. The van der Waals surface area contributed by atoms with Gasteiger partial charge in [-0.2, -0.15) is 11.8 Å². The largest absolute Gasteiger partial charge is 0.372 e. The molecule has 6 heteroatoms. The Balaban J connectivity index is 1.94. The summed E-state index contributed by atoms with van der Waals surface area (Å²) in [5, 5.41) is 3.21. The zero-order valence-corrected chi connectivity index (χ0v) is 13.2. The third kappa shape index (κ3) is 3.55. The second-order valence-electron chi connectivity index (χ2n) is 5.15. The first-order chi connectivity index (χ1) is 9.65. The normalized spacial score (nSPS) is 24.4. The molecule has 5 nitrogen and oxygen atoms in total. The van der Waals surface area contributed by atoms with E-state index in [1.54, 1.807) is 18.1 Å². The number of imidazole rings is 1. The fourth-order valence-corrected chi connectivity index (χ4v) is 3.18. The average molecular weight is 297 g/mol. The molecule has 1 aliphatic rings. The van der Waals surface area contributed by atoms with Crippen molar-refractivity contribution in [1.82, 2.24) is 14.9 Å². The van der Waals surface area contributed by atoms with Crippen LogP contribution in [0.25, 0.3) is 0 Å². The van der Waals surface area contributed by atoms with Crippen molar-refractivity contribution in [3.63, 3.8) is 0 Å². The number of carbonyl (C=O) groups is 1. The van der Waals surface area contributed by atoms with E-state index in [0.29, 0.717) is 6.61 Å². The zero-order valence-electron chi connectivity index (χ0n) is 12.3. The van der Waals surface area contributed by atoms with E-state index < -0.39 is 0 Å². The number of carbonyl (C=O) groups excluding carboxylic acids is 1.